The van der Waals surface area contributed by atoms with E-state index in [1.165, 1.54) is 17.0 Å². The summed E-state index contributed by atoms with van der Waals surface area (Å²) < 4.78 is 24.4. The SMILES string of the molecule is O=C1NC2(CCOc3ccccc32)C(=O)N1Cc1ccc(OCc2ccc(F)cc2)cc1. The Hall–Kier alpha value is -3.87. The zero-order valence-electron chi connectivity index (χ0n) is 17.2. The molecule has 1 saturated heterocycles. The maximum Gasteiger partial charge on any atom is 0.325 e. The molecule has 1 atom stereocenters. The van der Waals surface area contributed by atoms with Gasteiger partial charge in [0.2, 0.25) is 0 Å². The molecule has 0 aliphatic carbocycles. The molecule has 0 bridgehead atoms. The maximum absolute atomic E-state index is 13.3. The van der Waals surface area contributed by atoms with Crippen LogP contribution in [0.3, 0.4) is 0 Å². The van der Waals surface area contributed by atoms with E-state index in [2.05, 4.69) is 5.32 Å². The number of amides is 3. The number of ether oxygens (including phenoxy) is 2. The van der Waals surface area contributed by atoms with Crippen LogP contribution >= 0.6 is 0 Å². The standard InChI is InChI=1S/C25H21FN2O4/c26-19-9-5-18(6-10-19)16-32-20-11-7-17(8-12-20)15-28-23(29)25(27-24(28)30)13-14-31-22-4-2-1-3-21(22)25/h1-12H,13-16H2,(H,27,30). The summed E-state index contributed by atoms with van der Waals surface area (Å²) in [7, 11) is 0. The quantitative estimate of drug-likeness (QED) is 0.616. The number of urea groups is 1. The molecule has 2 aliphatic heterocycles. The minimum atomic E-state index is -1.08. The molecule has 1 fully saturated rings. The van der Waals surface area contributed by atoms with Gasteiger partial charge in [-0.2, -0.15) is 0 Å². The summed E-state index contributed by atoms with van der Waals surface area (Å²) in [6.45, 7) is 0.835. The van der Waals surface area contributed by atoms with E-state index >= 15 is 0 Å². The average Bonchev–Trinajstić information content (AvgIpc) is 3.04. The first-order chi connectivity index (χ1) is 15.5. The Labute approximate surface area is 184 Å². The van der Waals surface area contributed by atoms with Gasteiger partial charge in [-0.1, -0.05) is 42.5 Å². The van der Waals surface area contributed by atoms with Crippen LogP contribution in [-0.4, -0.2) is 23.4 Å². The van der Waals surface area contributed by atoms with Crippen molar-refractivity contribution in [2.45, 2.75) is 25.1 Å². The van der Waals surface area contributed by atoms with Gasteiger partial charge in [0.05, 0.1) is 13.2 Å². The zero-order chi connectivity index (χ0) is 22.1. The number of nitrogens with one attached hydrogen (secondary N) is 1. The molecular weight excluding hydrogens is 411 g/mol. The minimum absolute atomic E-state index is 0.160. The van der Waals surface area contributed by atoms with Gasteiger partial charge < -0.3 is 14.8 Å². The Morgan fingerprint density at radius 2 is 1.69 bits per heavy atom. The number of carbonyl (C=O) groups excluding carboxylic acids is 2. The molecule has 3 amide bonds. The number of benzene rings is 3. The van der Waals surface area contributed by atoms with Crippen LogP contribution in [0.4, 0.5) is 9.18 Å². The molecule has 32 heavy (non-hydrogen) atoms. The van der Waals surface area contributed by atoms with E-state index in [1.807, 2.05) is 36.4 Å². The number of fused-ring (bicyclic) bond motifs is 2. The van der Waals surface area contributed by atoms with Crippen molar-refractivity contribution >= 4 is 11.9 Å². The monoisotopic (exact) mass is 432 g/mol. The molecule has 3 aromatic rings. The van der Waals surface area contributed by atoms with E-state index < -0.39 is 11.6 Å². The lowest BCUT2D eigenvalue weighted by atomic mass is 9.84. The maximum atomic E-state index is 13.3. The van der Waals surface area contributed by atoms with Gasteiger partial charge in [0.1, 0.15) is 23.9 Å². The second-order valence-corrected chi connectivity index (χ2v) is 7.88. The fourth-order valence-corrected chi connectivity index (χ4v) is 4.14. The number of halogens is 1. The second kappa shape index (κ2) is 8.00. The lowest BCUT2D eigenvalue weighted by Crippen LogP contribution is -2.47. The van der Waals surface area contributed by atoms with E-state index in [0.29, 0.717) is 36.7 Å². The summed E-state index contributed by atoms with van der Waals surface area (Å²) in [5, 5.41) is 2.91. The van der Waals surface area contributed by atoms with E-state index in [4.69, 9.17) is 9.47 Å². The predicted octanol–water partition coefficient (Wildman–Crippen LogP) is 4.13. The van der Waals surface area contributed by atoms with Gasteiger partial charge in [0.25, 0.3) is 5.91 Å². The minimum Gasteiger partial charge on any atom is -0.493 e. The van der Waals surface area contributed by atoms with Crippen molar-refractivity contribution in [3.05, 3.63) is 95.3 Å². The number of hydrogen-bond acceptors (Lipinski definition) is 4. The highest BCUT2D eigenvalue weighted by molar-refractivity contribution is 6.07. The molecule has 162 valence electrons. The molecule has 1 N–H and O–H groups in total. The van der Waals surface area contributed by atoms with Gasteiger partial charge in [0, 0.05) is 12.0 Å². The Morgan fingerprint density at radius 1 is 0.969 bits per heavy atom. The van der Waals surface area contributed by atoms with E-state index in [0.717, 1.165) is 11.1 Å². The fraction of sp³-hybridized carbons (Fsp3) is 0.200. The summed E-state index contributed by atoms with van der Waals surface area (Å²) >= 11 is 0. The predicted molar refractivity (Wildman–Crippen MR) is 114 cm³/mol. The number of para-hydroxylation sites is 1. The van der Waals surface area contributed by atoms with Crippen molar-refractivity contribution in [2.24, 2.45) is 0 Å². The highest BCUT2D eigenvalue weighted by atomic mass is 19.1. The number of carbonyl (C=O) groups is 2. The van der Waals surface area contributed by atoms with E-state index in [1.54, 1.807) is 24.3 Å². The molecular formula is C25H21FN2O4. The average molecular weight is 432 g/mol. The third-order valence-electron chi connectivity index (χ3n) is 5.84. The molecule has 1 unspecified atom stereocenters. The summed E-state index contributed by atoms with van der Waals surface area (Å²) in [5.41, 5.74) is 1.28. The lowest BCUT2D eigenvalue weighted by molar-refractivity contribution is -0.133. The molecule has 0 aromatic heterocycles. The van der Waals surface area contributed by atoms with E-state index in [9.17, 15) is 14.0 Å². The van der Waals surface area contributed by atoms with Crippen LogP contribution < -0.4 is 14.8 Å². The second-order valence-electron chi connectivity index (χ2n) is 7.88. The highest BCUT2D eigenvalue weighted by Gasteiger charge is 2.54. The van der Waals surface area contributed by atoms with Crippen LogP contribution in [0.15, 0.2) is 72.8 Å². The van der Waals surface area contributed by atoms with Crippen LogP contribution in [0.25, 0.3) is 0 Å². The summed E-state index contributed by atoms with van der Waals surface area (Å²) in [6.07, 6.45) is 0.390. The molecule has 1 spiro atoms. The Morgan fingerprint density at radius 3 is 2.47 bits per heavy atom. The largest absolute Gasteiger partial charge is 0.493 e. The fourth-order valence-electron chi connectivity index (χ4n) is 4.14. The van der Waals surface area contributed by atoms with Gasteiger partial charge >= 0.3 is 6.03 Å². The van der Waals surface area contributed by atoms with Crippen LogP contribution in [0.1, 0.15) is 23.1 Å². The molecule has 0 saturated carbocycles. The summed E-state index contributed by atoms with van der Waals surface area (Å²) in [4.78, 5) is 27.3. The molecule has 2 aliphatic rings. The normalized spacial score (nSPS) is 19.5. The van der Waals surface area contributed by atoms with Gasteiger partial charge in [-0.3, -0.25) is 9.69 Å². The molecule has 6 nitrogen and oxygen atoms in total. The van der Waals surface area contributed by atoms with Gasteiger partial charge in [0.15, 0.2) is 5.54 Å². The smallest absolute Gasteiger partial charge is 0.325 e. The van der Waals surface area contributed by atoms with Crippen LogP contribution in [-0.2, 0) is 23.5 Å². The summed E-state index contributed by atoms with van der Waals surface area (Å²) in [5.74, 6) is 0.710. The Bertz CT molecular complexity index is 1160. The molecule has 5 rings (SSSR count). The number of hydrogen-bond donors (Lipinski definition) is 1. The molecule has 0 radical (unpaired) electrons. The van der Waals surface area contributed by atoms with Crippen molar-refractivity contribution in [3.63, 3.8) is 0 Å². The van der Waals surface area contributed by atoms with Crippen molar-refractivity contribution < 1.29 is 23.5 Å². The van der Waals surface area contributed by atoms with Crippen molar-refractivity contribution in [1.82, 2.24) is 10.2 Å². The third kappa shape index (κ3) is 3.56. The number of nitrogens with zero attached hydrogens (tertiary/aromatic N) is 1. The van der Waals surface area contributed by atoms with E-state index in [-0.39, 0.29) is 18.3 Å². The number of rotatable bonds is 5. The first kappa shape index (κ1) is 20.1. The first-order valence-electron chi connectivity index (χ1n) is 10.4. The number of imide groups is 1. The van der Waals surface area contributed by atoms with Crippen LogP contribution in [0.2, 0.25) is 0 Å². The summed E-state index contributed by atoms with van der Waals surface area (Å²) in [6, 6.07) is 20.2. The van der Waals surface area contributed by atoms with Crippen molar-refractivity contribution in [2.75, 3.05) is 6.61 Å². The van der Waals surface area contributed by atoms with Crippen molar-refractivity contribution in [1.29, 1.82) is 0 Å². The van der Waals surface area contributed by atoms with Crippen molar-refractivity contribution in [3.8, 4) is 11.5 Å². The Kier molecular flexibility index (Phi) is 5.01. The molecule has 2 heterocycles. The van der Waals surface area contributed by atoms with Crippen LogP contribution in [0, 0.1) is 5.82 Å². The molecule has 3 aromatic carbocycles. The van der Waals surface area contributed by atoms with Gasteiger partial charge in [-0.25, -0.2) is 9.18 Å². The molecule has 7 heteroatoms. The topological polar surface area (TPSA) is 67.9 Å². The Balaban J connectivity index is 1.28. The first-order valence-corrected chi connectivity index (χ1v) is 10.4. The zero-order valence-corrected chi connectivity index (χ0v) is 17.2. The van der Waals surface area contributed by atoms with Gasteiger partial charge in [-0.05, 0) is 41.5 Å². The lowest BCUT2D eigenvalue weighted by Gasteiger charge is -2.33. The highest BCUT2D eigenvalue weighted by Crippen LogP contribution is 2.41. The van der Waals surface area contributed by atoms with Crippen LogP contribution in [0.5, 0.6) is 11.5 Å². The van der Waals surface area contributed by atoms with Gasteiger partial charge in [-0.15, -0.1) is 0 Å². The third-order valence-corrected chi connectivity index (χ3v) is 5.84.